The molecule has 0 N–H and O–H groups in total. The lowest BCUT2D eigenvalue weighted by Crippen LogP contribution is -2.36. The van der Waals surface area contributed by atoms with Gasteiger partial charge in [0, 0.05) is 0 Å². The molecule has 0 radical (unpaired) electrons. The molecule has 0 spiro atoms. The van der Waals surface area contributed by atoms with Crippen LogP contribution in [0.15, 0.2) is 0 Å². The molecule has 1 heterocycles. The third kappa shape index (κ3) is 7.65. The number of piperidine rings is 1. The SMILES string of the molecule is CC.CC.CN1CCC(C(F)(F)F)CC1. The Morgan fingerprint density at radius 3 is 1.53 bits per heavy atom. The van der Waals surface area contributed by atoms with Crippen LogP contribution in [-0.4, -0.2) is 31.2 Å². The van der Waals surface area contributed by atoms with Gasteiger partial charge in [-0.05, 0) is 33.0 Å². The summed E-state index contributed by atoms with van der Waals surface area (Å²) in [5.41, 5.74) is 0. The normalized spacial score (nSPS) is 18.4. The largest absolute Gasteiger partial charge is 0.391 e. The van der Waals surface area contributed by atoms with Crippen molar-refractivity contribution in [2.24, 2.45) is 5.92 Å². The summed E-state index contributed by atoms with van der Waals surface area (Å²) in [5.74, 6) is -1.06. The second kappa shape index (κ2) is 9.01. The predicted molar refractivity (Wildman–Crippen MR) is 59.0 cm³/mol. The quantitative estimate of drug-likeness (QED) is 0.606. The average molecular weight is 227 g/mol. The molecule has 1 aliphatic heterocycles. The third-order valence-electron chi connectivity index (χ3n) is 2.18. The highest BCUT2D eigenvalue weighted by molar-refractivity contribution is 4.75. The van der Waals surface area contributed by atoms with Crippen LogP contribution in [-0.2, 0) is 0 Å². The lowest BCUT2D eigenvalue weighted by Gasteiger charge is -2.30. The molecule has 0 aliphatic carbocycles. The molecule has 4 heteroatoms. The maximum atomic E-state index is 12.0. The second-order valence-electron chi connectivity index (χ2n) is 3.12. The first-order valence-corrected chi connectivity index (χ1v) is 5.75. The van der Waals surface area contributed by atoms with E-state index in [4.69, 9.17) is 0 Å². The molecule has 1 nitrogen and oxygen atoms in total. The van der Waals surface area contributed by atoms with E-state index >= 15 is 0 Å². The zero-order chi connectivity index (χ0) is 12.5. The molecule has 0 aromatic heterocycles. The molecule has 1 rings (SSSR count). The van der Waals surface area contributed by atoms with E-state index in [-0.39, 0.29) is 12.8 Å². The number of rotatable bonds is 0. The first-order chi connectivity index (χ1) is 7.00. The third-order valence-corrected chi connectivity index (χ3v) is 2.18. The molecule has 1 fully saturated rings. The van der Waals surface area contributed by atoms with Crippen molar-refractivity contribution >= 4 is 0 Å². The smallest absolute Gasteiger partial charge is 0.306 e. The van der Waals surface area contributed by atoms with Gasteiger partial charge in [-0.15, -0.1) is 0 Å². The topological polar surface area (TPSA) is 3.24 Å². The van der Waals surface area contributed by atoms with Crippen LogP contribution in [0.4, 0.5) is 13.2 Å². The zero-order valence-electron chi connectivity index (χ0n) is 10.5. The summed E-state index contributed by atoms with van der Waals surface area (Å²) < 4.78 is 36.1. The van der Waals surface area contributed by atoms with E-state index in [0.29, 0.717) is 13.1 Å². The summed E-state index contributed by atoms with van der Waals surface area (Å²) >= 11 is 0. The maximum absolute atomic E-state index is 12.0. The van der Waals surface area contributed by atoms with Crippen molar-refractivity contribution in [2.75, 3.05) is 20.1 Å². The van der Waals surface area contributed by atoms with Crippen LogP contribution < -0.4 is 0 Å². The van der Waals surface area contributed by atoms with E-state index in [2.05, 4.69) is 0 Å². The van der Waals surface area contributed by atoms with Crippen molar-refractivity contribution in [1.29, 1.82) is 0 Å². The van der Waals surface area contributed by atoms with Crippen molar-refractivity contribution in [1.82, 2.24) is 4.90 Å². The fraction of sp³-hybridized carbons (Fsp3) is 1.00. The predicted octanol–water partition coefficient (Wildman–Crippen LogP) is 3.94. The van der Waals surface area contributed by atoms with Crippen molar-refractivity contribution in [3.63, 3.8) is 0 Å². The van der Waals surface area contributed by atoms with Crippen LogP contribution in [0, 0.1) is 5.92 Å². The zero-order valence-corrected chi connectivity index (χ0v) is 10.5. The second-order valence-corrected chi connectivity index (χ2v) is 3.12. The summed E-state index contributed by atoms with van der Waals surface area (Å²) in [6, 6.07) is 0. The molecular formula is C11H24F3N. The standard InChI is InChI=1S/C7H12F3N.2C2H6/c1-11-4-2-6(3-5-11)7(8,9)10;2*1-2/h6H,2-5H2,1H3;2*1-2H3. The Morgan fingerprint density at radius 2 is 1.27 bits per heavy atom. The summed E-state index contributed by atoms with van der Waals surface area (Å²) in [7, 11) is 1.85. The van der Waals surface area contributed by atoms with Gasteiger partial charge in [0.25, 0.3) is 0 Å². The minimum atomic E-state index is -3.97. The Morgan fingerprint density at radius 1 is 0.933 bits per heavy atom. The van der Waals surface area contributed by atoms with E-state index in [1.54, 1.807) is 0 Å². The van der Waals surface area contributed by atoms with E-state index < -0.39 is 12.1 Å². The highest BCUT2D eigenvalue weighted by atomic mass is 19.4. The minimum Gasteiger partial charge on any atom is -0.306 e. The van der Waals surface area contributed by atoms with Gasteiger partial charge in [-0.1, -0.05) is 27.7 Å². The molecule has 15 heavy (non-hydrogen) atoms. The molecule has 0 bridgehead atoms. The number of nitrogens with zero attached hydrogens (tertiary/aromatic N) is 1. The van der Waals surface area contributed by atoms with Gasteiger partial charge in [-0.3, -0.25) is 0 Å². The van der Waals surface area contributed by atoms with Gasteiger partial charge < -0.3 is 4.90 Å². The number of hydrogen-bond acceptors (Lipinski definition) is 1. The van der Waals surface area contributed by atoms with Gasteiger partial charge in [0.1, 0.15) is 0 Å². The molecule has 0 saturated carbocycles. The Balaban J connectivity index is 0. The van der Waals surface area contributed by atoms with Crippen LogP contribution in [0.1, 0.15) is 40.5 Å². The fourth-order valence-electron chi connectivity index (χ4n) is 1.34. The molecular weight excluding hydrogens is 203 g/mol. The van der Waals surface area contributed by atoms with Crippen LogP contribution >= 0.6 is 0 Å². The highest BCUT2D eigenvalue weighted by Gasteiger charge is 2.40. The van der Waals surface area contributed by atoms with Gasteiger partial charge in [-0.25, -0.2) is 0 Å². The highest BCUT2D eigenvalue weighted by Crippen LogP contribution is 2.33. The summed E-state index contributed by atoms with van der Waals surface area (Å²) in [6.07, 6.45) is -3.44. The molecule has 0 unspecified atom stereocenters. The molecule has 0 aromatic rings. The van der Waals surface area contributed by atoms with Crippen molar-refractivity contribution < 1.29 is 13.2 Å². The molecule has 0 atom stereocenters. The van der Waals surface area contributed by atoms with Gasteiger partial charge in [0.05, 0.1) is 5.92 Å². The number of likely N-dealkylation sites (tertiary alicyclic amines) is 1. The summed E-state index contributed by atoms with van der Waals surface area (Å²) in [5, 5.41) is 0. The maximum Gasteiger partial charge on any atom is 0.391 e. The van der Waals surface area contributed by atoms with E-state index in [9.17, 15) is 13.2 Å². The number of alkyl halides is 3. The van der Waals surface area contributed by atoms with E-state index in [1.165, 1.54) is 0 Å². The molecule has 94 valence electrons. The lowest BCUT2D eigenvalue weighted by atomic mass is 9.97. The number of hydrogen-bond donors (Lipinski definition) is 0. The summed E-state index contributed by atoms with van der Waals surface area (Å²) in [4.78, 5) is 1.93. The molecule has 1 aliphatic rings. The molecule has 0 amide bonds. The Bertz CT molecular complexity index is 126. The van der Waals surface area contributed by atoms with Crippen molar-refractivity contribution in [3.05, 3.63) is 0 Å². The van der Waals surface area contributed by atoms with Gasteiger partial charge >= 0.3 is 6.18 Å². The van der Waals surface area contributed by atoms with E-state index in [1.807, 2.05) is 39.6 Å². The molecule has 0 aromatic carbocycles. The Hall–Kier alpha value is -0.250. The van der Waals surface area contributed by atoms with Crippen LogP contribution in [0.3, 0.4) is 0 Å². The first kappa shape index (κ1) is 17.2. The van der Waals surface area contributed by atoms with Crippen molar-refractivity contribution in [2.45, 2.75) is 46.7 Å². The van der Waals surface area contributed by atoms with Gasteiger partial charge in [0.2, 0.25) is 0 Å². The van der Waals surface area contributed by atoms with Gasteiger partial charge in [0.15, 0.2) is 0 Å². The first-order valence-electron chi connectivity index (χ1n) is 5.75. The Labute approximate surface area is 91.7 Å². The molecule has 1 saturated heterocycles. The fourth-order valence-corrected chi connectivity index (χ4v) is 1.34. The average Bonchev–Trinajstić information content (AvgIpc) is 2.23. The minimum absolute atomic E-state index is 0.264. The Kier molecular flexibility index (Phi) is 10.3. The van der Waals surface area contributed by atoms with E-state index in [0.717, 1.165) is 0 Å². The van der Waals surface area contributed by atoms with Crippen molar-refractivity contribution in [3.8, 4) is 0 Å². The van der Waals surface area contributed by atoms with Gasteiger partial charge in [-0.2, -0.15) is 13.2 Å². The summed E-state index contributed by atoms with van der Waals surface area (Å²) in [6.45, 7) is 9.15. The van der Waals surface area contributed by atoms with Crippen LogP contribution in [0.5, 0.6) is 0 Å². The lowest BCUT2D eigenvalue weighted by molar-refractivity contribution is -0.184. The monoisotopic (exact) mass is 227 g/mol. The number of halogens is 3. The van der Waals surface area contributed by atoms with Crippen LogP contribution in [0.2, 0.25) is 0 Å². The van der Waals surface area contributed by atoms with Crippen LogP contribution in [0.25, 0.3) is 0 Å².